The van der Waals surface area contributed by atoms with E-state index in [-0.39, 0.29) is 56.4 Å². The number of benzene rings is 2. The van der Waals surface area contributed by atoms with Gasteiger partial charge in [-0.2, -0.15) is 0 Å². The predicted molar refractivity (Wildman–Crippen MR) is 149 cm³/mol. The third-order valence-corrected chi connectivity index (χ3v) is 6.21. The Kier molecular flexibility index (Phi) is 14.2. The highest BCUT2D eigenvalue weighted by molar-refractivity contribution is 5.86. The zero-order chi connectivity index (χ0) is 27.6. The van der Waals surface area contributed by atoms with Crippen LogP contribution in [0.15, 0.2) is 86.0 Å². The van der Waals surface area contributed by atoms with Crippen LogP contribution in [-0.4, -0.2) is 54.1 Å². The second-order valence-corrected chi connectivity index (χ2v) is 9.16. The minimum absolute atomic E-state index is 0.00875. The topological polar surface area (TPSA) is 95.9 Å². The molecule has 0 fully saturated rings. The van der Waals surface area contributed by atoms with E-state index < -0.39 is 5.92 Å². The Balaban J connectivity index is 1.86. The van der Waals surface area contributed by atoms with E-state index >= 15 is 0 Å². The van der Waals surface area contributed by atoms with E-state index in [4.69, 9.17) is 4.74 Å². The maximum Gasteiger partial charge on any atom is 0.309 e. The fourth-order valence-corrected chi connectivity index (χ4v) is 4.15. The molecule has 7 heteroatoms. The zero-order valence-electron chi connectivity index (χ0n) is 22.1. The largest absolute Gasteiger partial charge is 0.464 e. The molecule has 0 spiro atoms. The molecule has 2 N–H and O–H groups in total. The van der Waals surface area contributed by atoms with Gasteiger partial charge in [-0.15, -0.1) is 13.2 Å². The molecule has 2 unspecified atom stereocenters. The highest BCUT2D eigenvalue weighted by Gasteiger charge is 2.24. The Morgan fingerprint density at radius 1 is 0.947 bits per heavy atom. The first-order chi connectivity index (χ1) is 18.5. The number of aliphatic hydroxyl groups is 1. The van der Waals surface area contributed by atoms with Crippen molar-refractivity contribution < 1.29 is 24.2 Å². The monoisotopic (exact) mass is 520 g/mol. The average molecular weight is 521 g/mol. The van der Waals surface area contributed by atoms with E-state index in [9.17, 15) is 19.5 Å². The molecule has 0 radical (unpaired) electrons. The fourth-order valence-electron chi connectivity index (χ4n) is 4.15. The smallest absolute Gasteiger partial charge is 0.309 e. The average Bonchev–Trinajstić information content (AvgIpc) is 2.93. The third kappa shape index (κ3) is 11.1. The lowest BCUT2D eigenvalue weighted by Gasteiger charge is -2.24. The van der Waals surface area contributed by atoms with Crippen LogP contribution in [-0.2, 0) is 32.1 Å². The molecule has 2 atom stereocenters. The van der Waals surface area contributed by atoms with Crippen molar-refractivity contribution in [2.45, 2.75) is 38.6 Å². The number of amides is 2. The summed E-state index contributed by atoms with van der Waals surface area (Å²) in [7, 11) is 0. The van der Waals surface area contributed by atoms with Crippen LogP contribution in [0, 0.1) is 11.8 Å². The van der Waals surface area contributed by atoms with E-state index in [1.807, 2.05) is 60.7 Å². The molecule has 0 aliphatic rings. The highest BCUT2D eigenvalue weighted by Crippen LogP contribution is 2.17. The standard InChI is InChI=1S/C31H40N2O5/c1-3-5-17-28(22-25-13-8-6-9-14-25)31(37)38-21-18-32-30(36)27(12-4-2)23-29(35)33(19-20-34)24-26-15-10-7-11-16-26/h3-4,6-11,13-16,27-28,34H,1-2,5,12,17-24H2,(H,32,36). The van der Waals surface area contributed by atoms with Crippen molar-refractivity contribution in [2.24, 2.45) is 11.8 Å². The van der Waals surface area contributed by atoms with Crippen LogP contribution in [0.4, 0.5) is 0 Å². The summed E-state index contributed by atoms with van der Waals surface area (Å²) in [5.74, 6) is -1.72. The fraction of sp³-hybridized carbons (Fsp3) is 0.387. The molecular formula is C31H40N2O5. The summed E-state index contributed by atoms with van der Waals surface area (Å²) < 4.78 is 5.47. The van der Waals surface area contributed by atoms with Crippen LogP contribution in [0.2, 0.25) is 0 Å². The number of ether oxygens (including phenoxy) is 1. The zero-order valence-corrected chi connectivity index (χ0v) is 22.1. The SMILES string of the molecule is C=CCCC(Cc1ccccc1)C(=O)OCCNC(=O)C(CC=C)CC(=O)N(CCO)Cc1ccccc1. The normalized spacial score (nSPS) is 12.1. The quantitative estimate of drug-likeness (QED) is 0.175. The molecule has 204 valence electrons. The summed E-state index contributed by atoms with van der Waals surface area (Å²) in [6.07, 6.45) is 5.64. The van der Waals surface area contributed by atoms with E-state index in [0.29, 0.717) is 32.2 Å². The van der Waals surface area contributed by atoms with Gasteiger partial charge in [-0.1, -0.05) is 72.8 Å². The molecule has 38 heavy (non-hydrogen) atoms. The van der Waals surface area contributed by atoms with Crippen molar-refractivity contribution in [3.63, 3.8) is 0 Å². The van der Waals surface area contributed by atoms with Crippen LogP contribution in [0.1, 0.15) is 36.8 Å². The van der Waals surface area contributed by atoms with Crippen molar-refractivity contribution in [3.8, 4) is 0 Å². The molecule has 2 amide bonds. The summed E-state index contributed by atoms with van der Waals surface area (Å²) in [6.45, 7) is 8.02. The summed E-state index contributed by atoms with van der Waals surface area (Å²) in [4.78, 5) is 40.1. The number of aliphatic hydroxyl groups excluding tert-OH is 1. The molecule has 0 aliphatic heterocycles. The number of nitrogens with zero attached hydrogens (tertiary/aromatic N) is 1. The number of hydrogen-bond acceptors (Lipinski definition) is 5. The molecule has 0 bridgehead atoms. The highest BCUT2D eigenvalue weighted by atomic mass is 16.5. The van der Waals surface area contributed by atoms with Gasteiger partial charge in [0.2, 0.25) is 11.8 Å². The minimum Gasteiger partial charge on any atom is -0.464 e. The first-order valence-electron chi connectivity index (χ1n) is 13.1. The minimum atomic E-state index is -0.605. The molecule has 2 rings (SSSR count). The second kappa shape index (κ2) is 17.7. The number of esters is 1. The van der Waals surface area contributed by atoms with Crippen LogP contribution in [0.25, 0.3) is 0 Å². The first-order valence-corrected chi connectivity index (χ1v) is 13.1. The Morgan fingerprint density at radius 2 is 1.61 bits per heavy atom. The van der Waals surface area contributed by atoms with E-state index in [1.54, 1.807) is 17.1 Å². The Bertz CT molecular complexity index is 1010. The lowest BCUT2D eigenvalue weighted by molar-refractivity contribution is -0.149. The molecular weight excluding hydrogens is 480 g/mol. The third-order valence-electron chi connectivity index (χ3n) is 6.21. The van der Waals surface area contributed by atoms with Crippen molar-refractivity contribution in [1.29, 1.82) is 0 Å². The van der Waals surface area contributed by atoms with E-state index in [1.165, 1.54) is 0 Å². The van der Waals surface area contributed by atoms with Gasteiger partial charge in [-0.3, -0.25) is 14.4 Å². The van der Waals surface area contributed by atoms with Crippen LogP contribution in [0.3, 0.4) is 0 Å². The summed E-state index contributed by atoms with van der Waals surface area (Å²) in [5, 5.41) is 12.2. The van der Waals surface area contributed by atoms with Gasteiger partial charge in [-0.05, 0) is 36.8 Å². The summed E-state index contributed by atoms with van der Waals surface area (Å²) >= 11 is 0. The number of carbonyl (C=O) groups excluding carboxylic acids is 3. The van der Waals surface area contributed by atoms with Gasteiger partial charge in [0.25, 0.3) is 0 Å². The van der Waals surface area contributed by atoms with Crippen molar-refractivity contribution >= 4 is 17.8 Å². The first kappa shape index (κ1) is 30.5. The van der Waals surface area contributed by atoms with Crippen LogP contribution < -0.4 is 5.32 Å². The molecule has 2 aromatic rings. The molecule has 0 aromatic heterocycles. The van der Waals surface area contributed by atoms with Gasteiger partial charge in [0.15, 0.2) is 0 Å². The van der Waals surface area contributed by atoms with Crippen molar-refractivity contribution in [2.75, 3.05) is 26.3 Å². The number of hydrogen-bond donors (Lipinski definition) is 2. The van der Waals surface area contributed by atoms with Crippen molar-refractivity contribution in [3.05, 3.63) is 97.1 Å². The Labute approximate surface area is 226 Å². The molecule has 2 aromatic carbocycles. The van der Waals surface area contributed by atoms with Gasteiger partial charge in [0, 0.05) is 19.5 Å². The number of rotatable bonds is 18. The lowest BCUT2D eigenvalue weighted by atomic mass is 9.95. The molecule has 7 nitrogen and oxygen atoms in total. The Hall–Kier alpha value is -3.71. The van der Waals surface area contributed by atoms with Gasteiger partial charge >= 0.3 is 5.97 Å². The molecule has 0 saturated carbocycles. The Morgan fingerprint density at radius 3 is 2.21 bits per heavy atom. The van der Waals surface area contributed by atoms with E-state index in [2.05, 4.69) is 18.5 Å². The van der Waals surface area contributed by atoms with Crippen LogP contribution in [0.5, 0.6) is 0 Å². The van der Waals surface area contributed by atoms with Crippen molar-refractivity contribution in [1.82, 2.24) is 10.2 Å². The van der Waals surface area contributed by atoms with Gasteiger partial charge in [0.1, 0.15) is 6.61 Å². The molecule has 0 saturated heterocycles. The second-order valence-electron chi connectivity index (χ2n) is 9.16. The van der Waals surface area contributed by atoms with Crippen LogP contribution >= 0.6 is 0 Å². The summed E-state index contributed by atoms with van der Waals surface area (Å²) in [6, 6.07) is 19.3. The maximum atomic E-state index is 13.0. The molecule has 0 heterocycles. The number of carbonyl (C=O) groups is 3. The van der Waals surface area contributed by atoms with E-state index in [0.717, 1.165) is 11.1 Å². The van der Waals surface area contributed by atoms with Gasteiger partial charge < -0.3 is 20.1 Å². The number of nitrogens with one attached hydrogen (secondary N) is 1. The molecule has 0 aliphatic carbocycles. The summed E-state index contributed by atoms with van der Waals surface area (Å²) in [5.41, 5.74) is 2.01. The van der Waals surface area contributed by atoms with Gasteiger partial charge in [-0.25, -0.2) is 0 Å². The maximum absolute atomic E-state index is 13.0. The lowest BCUT2D eigenvalue weighted by Crippen LogP contribution is -2.39. The predicted octanol–water partition coefficient (Wildman–Crippen LogP) is 4.07. The number of allylic oxidation sites excluding steroid dienone is 2. The van der Waals surface area contributed by atoms with Gasteiger partial charge in [0.05, 0.1) is 25.0 Å².